The van der Waals surface area contributed by atoms with Crippen molar-refractivity contribution < 1.29 is 9.80 Å². The molecule has 140 valence electrons. The minimum Gasteiger partial charge on any atom is -0.322 e. The molecule has 0 bridgehead atoms. The first kappa shape index (κ1) is 18.2. The zero-order valence-corrected chi connectivity index (χ0v) is 16.2. The summed E-state index contributed by atoms with van der Waals surface area (Å²) in [6, 6.07) is 15.8. The highest BCUT2D eigenvalue weighted by Crippen LogP contribution is 2.10. The van der Waals surface area contributed by atoms with E-state index < -0.39 is 0 Å². The SMILES string of the molecule is C[C@H](c1nc2ccccc2c(=O)[nH]1)[NH+]1CC[NH+](Cc2cccc(Cl)c2)CC1. The molecule has 6 heteroatoms. The maximum Gasteiger partial charge on any atom is 0.258 e. The Hall–Kier alpha value is -2.21. The number of fused-ring (bicyclic) bond motifs is 1. The van der Waals surface area contributed by atoms with Gasteiger partial charge in [0.25, 0.3) is 5.56 Å². The average Bonchev–Trinajstić information content (AvgIpc) is 2.68. The molecule has 0 radical (unpaired) electrons. The summed E-state index contributed by atoms with van der Waals surface area (Å²) in [6.45, 7) is 7.49. The predicted octanol–water partition coefficient (Wildman–Crippen LogP) is 0.621. The summed E-state index contributed by atoms with van der Waals surface area (Å²) >= 11 is 6.10. The summed E-state index contributed by atoms with van der Waals surface area (Å²) in [5, 5.41) is 1.45. The Morgan fingerprint density at radius 3 is 2.67 bits per heavy atom. The zero-order valence-electron chi connectivity index (χ0n) is 15.5. The highest BCUT2D eigenvalue weighted by Gasteiger charge is 2.29. The van der Waals surface area contributed by atoms with Crippen molar-refractivity contribution in [2.24, 2.45) is 0 Å². The number of quaternary nitrogens is 2. The smallest absolute Gasteiger partial charge is 0.258 e. The molecule has 1 aliphatic heterocycles. The number of nitrogens with zero attached hydrogens (tertiary/aromatic N) is 1. The van der Waals surface area contributed by atoms with E-state index in [2.05, 4.69) is 24.0 Å². The topological polar surface area (TPSA) is 54.6 Å². The molecule has 0 amide bonds. The minimum absolute atomic E-state index is 0.0490. The summed E-state index contributed by atoms with van der Waals surface area (Å²) in [7, 11) is 0. The van der Waals surface area contributed by atoms with Gasteiger partial charge in [-0.05, 0) is 31.2 Å². The Morgan fingerprint density at radius 1 is 1.11 bits per heavy atom. The molecule has 0 aliphatic carbocycles. The Morgan fingerprint density at radius 2 is 1.89 bits per heavy atom. The van der Waals surface area contributed by atoms with Crippen LogP contribution in [0.3, 0.4) is 0 Å². The lowest BCUT2D eigenvalue weighted by atomic mass is 10.1. The molecular weight excluding hydrogens is 360 g/mol. The van der Waals surface area contributed by atoms with Gasteiger partial charge in [0.15, 0.2) is 5.82 Å². The first-order valence-corrected chi connectivity index (χ1v) is 9.89. The highest BCUT2D eigenvalue weighted by atomic mass is 35.5. The Bertz CT molecular complexity index is 995. The fraction of sp³-hybridized carbons (Fsp3) is 0.333. The van der Waals surface area contributed by atoms with Crippen LogP contribution in [0, 0.1) is 0 Å². The van der Waals surface area contributed by atoms with Gasteiger partial charge in [0.05, 0.1) is 10.9 Å². The summed E-state index contributed by atoms with van der Waals surface area (Å²) < 4.78 is 0. The fourth-order valence-electron chi connectivity index (χ4n) is 3.97. The van der Waals surface area contributed by atoms with Gasteiger partial charge in [0.2, 0.25) is 0 Å². The minimum atomic E-state index is -0.0490. The molecule has 3 N–H and O–H groups in total. The number of rotatable bonds is 4. The second kappa shape index (κ2) is 7.80. The molecule has 1 aliphatic rings. The molecule has 3 aromatic rings. The summed E-state index contributed by atoms with van der Waals surface area (Å²) in [4.78, 5) is 23.1. The van der Waals surface area contributed by atoms with E-state index in [9.17, 15) is 4.79 Å². The standard InChI is InChI=1S/C21H23ClN4O/c1-15(20-23-19-8-3-2-7-18(19)21(27)24-20)26-11-9-25(10-12-26)14-16-5-4-6-17(22)13-16/h2-8,13,15H,9-12,14H2,1H3,(H,23,24,27)/p+2/t15-/m1/s1. The fourth-order valence-corrected chi connectivity index (χ4v) is 4.19. The molecular formula is C21H25ClN4O+2. The molecule has 1 atom stereocenters. The molecule has 1 aromatic heterocycles. The number of halogens is 1. The van der Waals surface area contributed by atoms with Gasteiger partial charge in [-0.2, -0.15) is 0 Å². The molecule has 1 saturated heterocycles. The number of aromatic nitrogens is 2. The Kier molecular flexibility index (Phi) is 5.25. The van der Waals surface area contributed by atoms with Crippen LogP contribution < -0.4 is 15.4 Å². The van der Waals surface area contributed by atoms with Crippen molar-refractivity contribution >= 4 is 22.5 Å². The number of H-pyrrole nitrogens is 1. The van der Waals surface area contributed by atoms with Gasteiger partial charge in [-0.15, -0.1) is 0 Å². The molecule has 1 fully saturated rings. The molecule has 0 unspecified atom stereocenters. The zero-order chi connectivity index (χ0) is 18.8. The first-order valence-electron chi connectivity index (χ1n) is 9.52. The van der Waals surface area contributed by atoms with Crippen LogP contribution in [0.4, 0.5) is 0 Å². The number of hydrogen-bond acceptors (Lipinski definition) is 2. The van der Waals surface area contributed by atoms with Crippen molar-refractivity contribution in [2.45, 2.75) is 19.5 Å². The number of piperazine rings is 1. The van der Waals surface area contributed by atoms with Gasteiger partial charge < -0.3 is 14.8 Å². The third-order valence-electron chi connectivity index (χ3n) is 5.60. The van der Waals surface area contributed by atoms with Gasteiger partial charge in [0, 0.05) is 10.6 Å². The number of hydrogen-bond donors (Lipinski definition) is 3. The van der Waals surface area contributed by atoms with Crippen LogP contribution in [-0.2, 0) is 6.54 Å². The van der Waals surface area contributed by atoms with E-state index in [4.69, 9.17) is 16.6 Å². The van der Waals surface area contributed by atoms with E-state index in [1.807, 2.05) is 36.4 Å². The summed E-state index contributed by atoms with van der Waals surface area (Å²) in [5.74, 6) is 0.784. The van der Waals surface area contributed by atoms with E-state index in [-0.39, 0.29) is 11.6 Å². The summed E-state index contributed by atoms with van der Waals surface area (Å²) in [5.41, 5.74) is 2.01. The normalized spacial score (nSPS) is 21.3. The van der Waals surface area contributed by atoms with E-state index in [1.54, 1.807) is 4.90 Å². The van der Waals surface area contributed by atoms with Crippen LogP contribution >= 0.6 is 11.6 Å². The predicted molar refractivity (Wildman–Crippen MR) is 107 cm³/mol. The number of nitrogens with one attached hydrogen (secondary N) is 3. The number of benzene rings is 2. The average molecular weight is 385 g/mol. The van der Waals surface area contributed by atoms with Crippen LogP contribution in [0.2, 0.25) is 5.02 Å². The van der Waals surface area contributed by atoms with Gasteiger partial charge >= 0.3 is 0 Å². The maximum atomic E-state index is 12.3. The largest absolute Gasteiger partial charge is 0.322 e. The third kappa shape index (κ3) is 4.05. The molecule has 2 heterocycles. The van der Waals surface area contributed by atoms with Gasteiger partial charge in [-0.3, -0.25) is 4.79 Å². The third-order valence-corrected chi connectivity index (χ3v) is 5.83. The van der Waals surface area contributed by atoms with Crippen molar-refractivity contribution in [3.63, 3.8) is 0 Å². The highest BCUT2D eigenvalue weighted by molar-refractivity contribution is 6.30. The van der Waals surface area contributed by atoms with Gasteiger partial charge in [-0.25, -0.2) is 4.98 Å². The molecule has 0 spiro atoms. The van der Waals surface area contributed by atoms with Gasteiger partial charge in [0.1, 0.15) is 38.8 Å². The van der Waals surface area contributed by atoms with Crippen LogP contribution in [-0.4, -0.2) is 36.1 Å². The van der Waals surface area contributed by atoms with Crippen LogP contribution in [0.5, 0.6) is 0 Å². The number of aromatic amines is 1. The lowest BCUT2D eigenvalue weighted by molar-refractivity contribution is -1.03. The Labute approximate surface area is 163 Å². The molecule has 27 heavy (non-hydrogen) atoms. The Balaban J connectivity index is 1.43. The van der Waals surface area contributed by atoms with Crippen molar-refractivity contribution in [2.75, 3.05) is 26.2 Å². The van der Waals surface area contributed by atoms with E-state index in [1.165, 1.54) is 10.5 Å². The molecule has 4 rings (SSSR count). The quantitative estimate of drug-likeness (QED) is 0.617. The maximum absolute atomic E-state index is 12.3. The van der Waals surface area contributed by atoms with Crippen molar-refractivity contribution in [1.82, 2.24) is 9.97 Å². The van der Waals surface area contributed by atoms with Gasteiger partial charge in [-0.1, -0.05) is 35.9 Å². The van der Waals surface area contributed by atoms with Crippen molar-refractivity contribution in [1.29, 1.82) is 0 Å². The van der Waals surface area contributed by atoms with E-state index in [0.717, 1.165) is 49.1 Å². The second-order valence-corrected chi connectivity index (χ2v) is 7.84. The van der Waals surface area contributed by atoms with Crippen molar-refractivity contribution in [3.8, 4) is 0 Å². The number of para-hydroxylation sites is 1. The van der Waals surface area contributed by atoms with E-state index >= 15 is 0 Å². The first-order chi connectivity index (χ1) is 13.1. The van der Waals surface area contributed by atoms with Crippen LogP contribution in [0.25, 0.3) is 10.9 Å². The van der Waals surface area contributed by atoms with E-state index in [0.29, 0.717) is 5.39 Å². The van der Waals surface area contributed by atoms with Crippen LogP contribution in [0.1, 0.15) is 24.4 Å². The lowest BCUT2D eigenvalue weighted by Crippen LogP contribution is -3.27. The lowest BCUT2D eigenvalue weighted by Gasteiger charge is -2.32. The molecule has 2 aromatic carbocycles. The second-order valence-electron chi connectivity index (χ2n) is 7.40. The molecule has 5 nitrogen and oxygen atoms in total. The summed E-state index contributed by atoms with van der Waals surface area (Å²) in [6.07, 6.45) is 0. The van der Waals surface area contributed by atoms with Crippen molar-refractivity contribution in [3.05, 3.63) is 75.3 Å². The monoisotopic (exact) mass is 384 g/mol. The van der Waals surface area contributed by atoms with Crippen LogP contribution in [0.15, 0.2) is 53.3 Å². The molecule has 0 saturated carbocycles.